The maximum Gasteiger partial charge on any atom is 0.471 e. The summed E-state index contributed by atoms with van der Waals surface area (Å²) >= 11 is 0. The Labute approximate surface area is 234 Å². The van der Waals surface area contributed by atoms with Crippen LogP contribution in [-0.2, 0) is 23.9 Å². The molecule has 1 aromatic rings. The van der Waals surface area contributed by atoms with E-state index in [4.69, 9.17) is 9.47 Å². The monoisotopic (exact) mass is 563 g/mol. The standard InChI is InChI=1S/C31H40F3NO5/c1-19(36)39-18-22-16-23(40-20(2)37)12-14-29(22,3)27-13-15-30(4)25(21-8-6-5-7-9-21)10-11-26(30)24(27)17-35-28(38)31(32,33)34/h5-10,22-24,26-27H,11-18H2,1-4H3,(H,35,38). The zero-order valence-corrected chi connectivity index (χ0v) is 23.7. The first-order valence-electron chi connectivity index (χ1n) is 14.2. The fourth-order valence-electron chi connectivity index (χ4n) is 8.02. The molecule has 0 aromatic heterocycles. The minimum Gasteiger partial charge on any atom is -0.466 e. The Morgan fingerprint density at radius 2 is 1.70 bits per heavy atom. The summed E-state index contributed by atoms with van der Waals surface area (Å²) in [5.41, 5.74) is 1.69. The second-order valence-electron chi connectivity index (χ2n) is 12.3. The van der Waals surface area contributed by atoms with Gasteiger partial charge in [-0.3, -0.25) is 14.4 Å². The Bertz CT molecular complexity index is 1140. The molecule has 1 N–H and O–H groups in total. The van der Waals surface area contributed by atoms with E-state index in [0.717, 1.165) is 18.4 Å². The Kier molecular flexibility index (Phi) is 8.71. The van der Waals surface area contributed by atoms with E-state index in [9.17, 15) is 27.6 Å². The largest absolute Gasteiger partial charge is 0.471 e. The summed E-state index contributed by atoms with van der Waals surface area (Å²) in [6.07, 6.45) is 1.10. The maximum atomic E-state index is 13.2. The Hall–Kier alpha value is -2.84. The molecule has 220 valence electrons. The van der Waals surface area contributed by atoms with Crippen molar-refractivity contribution in [1.82, 2.24) is 5.32 Å². The zero-order chi connectivity index (χ0) is 29.3. The zero-order valence-electron chi connectivity index (χ0n) is 23.7. The van der Waals surface area contributed by atoms with Gasteiger partial charge in [-0.1, -0.05) is 50.3 Å². The number of esters is 2. The molecule has 0 radical (unpaired) electrons. The van der Waals surface area contributed by atoms with Crippen molar-refractivity contribution >= 4 is 23.4 Å². The Morgan fingerprint density at radius 3 is 2.33 bits per heavy atom. The highest BCUT2D eigenvalue weighted by atomic mass is 19.4. The summed E-state index contributed by atoms with van der Waals surface area (Å²) in [5.74, 6) is -3.06. The van der Waals surface area contributed by atoms with Gasteiger partial charge in [0.2, 0.25) is 0 Å². The highest BCUT2D eigenvalue weighted by molar-refractivity contribution is 5.81. The maximum absolute atomic E-state index is 13.2. The molecular weight excluding hydrogens is 523 g/mol. The third-order valence-electron chi connectivity index (χ3n) is 10.0. The van der Waals surface area contributed by atoms with E-state index in [1.165, 1.54) is 19.4 Å². The molecule has 3 aliphatic carbocycles. The van der Waals surface area contributed by atoms with Crippen LogP contribution in [0.3, 0.4) is 0 Å². The molecule has 0 heterocycles. The van der Waals surface area contributed by atoms with Gasteiger partial charge in [0, 0.05) is 26.3 Å². The SMILES string of the molecule is CC(=O)OCC1CC(OC(C)=O)CCC1(C)C1CCC2(C)C(c3ccccc3)=CCC2C1CNC(=O)C(F)(F)F. The number of carbonyl (C=O) groups is 3. The van der Waals surface area contributed by atoms with Crippen LogP contribution in [-0.4, -0.2) is 43.3 Å². The van der Waals surface area contributed by atoms with Gasteiger partial charge in [-0.25, -0.2) is 0 Å². The number of hydrogen-bond acceptors (Lipinski definition) is 5. The molecule has 7 atom stereocenters. The van der Waals surface area contributed by atoms with E-state index in [1.807, 2.05) is 18.2 Å². The van der Waals surface area contributed by atoms with Crippen LogP contribution in [0, 0.1) is 34.5 Å². The lowest BCUT2D eigenvalue weighted by atomic mass is 9.48. The van der Waals surface area contributed by atoms with E-state index in [2.05, 4.69) is 37.4 Å². The molecule has 0 spiro atoms. The fourth-order valence-corrected chi connectivity index (χ4v) is 8.02. The van der Waals surface area contributed by atoms with Crippen LogP contribution in [0.1, 0.15) is 71.8 Å². The summed E-state index contributed by atoms with van der Waals surface area (Å²) < 4.78 is 50.7. The molecule has 3 aliphatic rings. The number of hydrogen-bond donors (Lipinski definition) is 1. The molecule has 0 aliphatic heterocycles. The summed E-state index contributed by atoms with van der Waals surface area (Å²) in [4.78, 5) is 35.4. The third kappa shape index (κ3) is 6.08. The third-order valence-corrected chi connectivity index (χ3v) is 10.0. The number of ether oxygens (including phenoxy) is 2. The summed E-state index contributed by atoms with van der Waals surface area (Å²) in [6.45, 7) is 7.12. The number of benzene rings is 1. The van der Waals surface area contributed by atoms with Gasteiger partial charge >= 0.3 is 24.0 Å². The quantitative estimate of drug-likeness (QED) is 0.406. The van der Waals surface area contributed by atoms with Crippen LogP contribution in [0.4, 0.5) is 13.2 Å². The number of nitrogens with one attached hydrogen (secondary N) is 1. The lowest BCUT2D eigenvalue weighted by molar-refractivity contribution is -0.174. The van der Waals surface area contributed by atoms with E-state index in [1.54, 1.807) is 0 Å². The molecule has 0 saturated heterocycles. The van der Waals surface area contributed by atoms with Crippen LogP contribution in [0.15, 0.2) is 36.4 Å². The predicted molar refractivity (Wildman–Crippen MR) is 144 cm³/mol. The van der Waals surface area contributed by atoms with Gasteiger partial charge in [-0.2, -0.15) is 13.2 Å². The van der Waals surface area contributed by atoms with Crippen molar-refractivity contribution in [2.45, 2.75) is 78.5 Å². The Balaban J connectivity index is 1.67. The molecule has 1 amide bonds. The first-order valence-corrected chi connectivity index (χ1v) is 14.2. The topological polar surface area (TPSA) is 81.7 Å². The van der Waals surface area contributed by atoms with Crippen molar-refractivity contribution in [3.63, 3.8) is 0 Å². The Morgan fingerprint density at radius 1 is 1.00 bits per heavy atom. The molecule has 7 unspecified atom stereocenters. The minimum absolute atomic E-state index is 0.0264. The number of amides is 1. The molecular formula is C31H40F3NO5. The molecule has 40 heavy (non-hydrogen) atoms. The van der Waals surface area contributed by atoms with Crippen molar-refractivity contribution in [2.24, 2.45) is 34.5 Å². The molecule has 2 fully saturated rings. The first-order chi connectivity index (χ1) is 18.8. The summed E-state index contributed by atoms with van der Waals surface area (Å²) in [5, 5.41) is 2.22. The molecule has 2 saturated carbocycles. The summed E-state index contributed by atoms with van der Waals surface area (Å²) in [7, 11) is 0. The van der Waals surface area contributed by atoms with Crippen LogP contribution in [0.25, 0.3) is 5.57 Å². The number of halogens is 3. The van der Waals surface area contributed by atoms with Crippen molar-refractivity contribution < 1.29 is 37.0 Å². The number of carbonyl (C=O) groups excluding carboxylic acids is 3. The van der Waals surface area contributed by atoms with Crippen LogP contribution in [0.2, 0.25) is 0 Å². The lowest BCUT2D eigenvalue weighted by Gasteiger charge is -2.57. The summed E-state index contributed by atoms with van der Waals surface area (Å²) in [6, 6.07) is 10.1. The number of fused-ring (bicyclic) bond motifs is 1. The van der Waals surface area contributed by atoms with Gasteiger partial charge in [0.1, 0.15) is 6.10 Å². The van der Waals surface area contributed by atoms with E-state index in [0.29, 0.717) is 25.7 Å². The van der Waals surface area contributed by atoms with Crippen molar-refractivity contribution in [3.8, 4) is 0 Å². The van der Waals surface area contributed by atoms with Gasteiger partial charge < -0.3 is 14.8 Å². The van der Waals surface area contributed by atoms with E-state index in [-0.39, 0.29) is 54.3 Å². The van der Waals surface area contributed by atoms with Crippen LogP contribution >= 0.6 is 0 Å². The molecule has 9 heteroatoms. The van der Waals surface area contributed by atoms with Crippen molar-refractivity contribution in [3.05, 3.63) is 42.0 Å². The van der Waals surface area contributed by atoms with E-state index < -0.39 is 23.5 Å². The van der Waals surface area contributed by atoms with Gasteiger partial charge in [0.25, 0.3) is 0 Å². The van der Waals surface area contributed by atoms with Gasteiger partial charge in [-0.15, -0.1) is 0 Å². The molecule has 1 aromatic carbocycles. The smallest absolute Gasteiger partial charge is 0.466 e. The van der Waals surface area contributed by atoms with Crippen LogP contribution in [0.5, 0.6) is 0 Å². The fraction of sp³-hybridized carbons (Fsp3) is 0.645. The number of alkyl halides is 3. The van der Waals surface area contributed by atoms with Crippen LogP contribution < -0.4 is 5.32 Å². The second-order valence-corrected chi connectivity index (χ2v) is 12.3. The number of rotatable bonds is 7. The highest BCUT2D eigenvalue weighted by Gasteiger charge is 2.57. The lowest BCUT2D eigenvalue weighted by Crippen LogP contribution is -2.54. The van der Waals surface area contributed by atoms with Crippen molar-refractivity contribution in [2.75, 3.05) is 13.2 Å². The number of allylic oxidation sites excluding steroid dienone is 2. The molecule has 6 nitrogen and oxygen atoms in total. The molecule has 0 bridgehead atoms. The van der Waals surface area contributed by atoms with Gasteiger partial charge in [-0.05, 0) is 78.2 Å². The van der Waals surface area contributed by atoms with Gasteiger partial charge in [0.05, 0.1) is 6.61 Å². The normalized spacial score (nSPS) is 33.9. The predicted octanol–water partition coefficient (Wildman–Crippen LogP) is 6.10. The van der Waals surface area contributed by atoms with Gasteiger partial charge in [0.15, 0.2) is 0 Å². The average molecular weight is 564 g/mol. The minimum atomic E-state index is -4.96. The van der Waals surface area contributed by atoms with E-state index >= 15 is 0 Å². The molecule has 4 rings (SSSR count). The van der Waals surface area contributed by atoms with Crippen molar-refractivity contribution in [1.29, 1.82) is 0 Å². The average Bonchev–Trinajstić information content (AvgIpc) is 3.24. The second kappa shape index (κ2) is 11.6. The highest BCUT2D eigenvalue weighted by Crippen LogP contribution is 2.64. The first kappa shape index (κ1) is 30.1.